The summed E-state index contributed by atoms with van der Waals surface area (Å²) in [6, 6.07) is 18.3. The van der Waals surface area contributed by atoms with Crippen LogP contribution in [0.3, 0.4) is 0 Å². The first kappa shape index (κ1) is 24.8. The molecule has 3 N–H and O–H groups in total. The molecule has 0 atom stereocenters. The van der Waals surface area contributed by atoms with Crippen LogP contribution in [0.4, 0.5) is 10.8 Å². The number of aromatic amines is 1. The average Bonchev–Trinajstić information content (AvgIpc) is 3.64. The Kier molecular flexibility index (Phi) is 6.43. The average molecular weight is 551 g/mol. The minimum Gasteiger partial charge on any atom is -0.372 e. The normalized spacial score (nSPS) is 15.4. The van der Waals surface area contributed by atoms with Gasteiger partial charge in [-0.2, -0.15) is 0 Å². The van der Waals surface area contributed by atoms with Gasteiger partial charge in [0.25, 0.3) is 5.91 Å². The fraction of sp³-hybridized carbons (Fsp3) is 0.290. The first-order valence-corrected chi connectivity index (χ1v) is 14.7. The van der Waals surface area contributed by atoms with Gasteiger partial charge in [-0.25, -0.2) is 9.97 Å². The van der Waals surface area contributed by atoms with Crippen molar-refractivity contribution >= 4 is 55.2 Å². The Morgan fingerprint density at radius 1 is 0.975 bits per heavy atom. The zero-order valence-corrected chi connectivity index (χ0v) is 22.9. The number of nitrogens with zero attached hydrogens (tertiary/aromatic N) is 3. The predicted molar refractivity (Wildman–Crippen MR) is 160 cm³/mol. The summed E-state index contributed by atoms with van der Waals surface area (Å²) in [6.07, 6.45) is 7.48. The number of carbonyl (C=O) groups excluding carboxylic acids is 2. The van der Waals surface area contributed by atoms with Gasteiger partial charge in [0.2, 0.25) is 5.91 Å². The molecule has 4 heterocycles. The molecule has 2 amide bonds. The van der Waals surface area contributed by atoms with Gasteiger partial charge in [0.15, 0.2) is 5.13 Å². The highest BCUT2D eigenvalue weighted by Gasteiger charge is 2.30. The van der Waals surface area contributed by atoms with Crippen molar-refractivity contribution in [2.24, 2.45) is 5.92 Å². The summed E-state index contributed by atoms with van der Waals surface area (Å²) in [7, 11) is 0. The third-order valence-corrected chi connectivity index (χ3v) is 8.65. The van der Waals surface area contributed by atoms with Crippen molar-refractivity contribution in [1.82, 2.24) is 20.3 Å². The van der Waals surface area contributed by atoms with Crippen molar-refractivity contribution in [3.8, 4) is 11.3 Å². The molecule has 0 bridgehead atoms. The largest absolute Gasteiger partial charge is 0.372 e. The maximum atomic E-state index is 13.2. The topological polar surface area (TPSA) is 103 Å². The number of carbonyl (C=O) groups is 2. The van der Waals surface area contributed by atoms with Crippen molar-refractivity contribution in [2.75, 3.05) is 23.3 Å². The molecule has 202 valence electrons. The summed E-state index contributed by atoms with van der Waals surface area (Å²) in [5.74, 6) is 0.0443. The summed E-state index contributed by atoms with van der Waals surface area (Å²) >= 11 is 1.38. The number of rotatable bonds is 7. The van der Waals surface area contributed by atoms with Crippen molar-refractivity contribution in [2.45, 2.75) is 38.6 Å². The Balaban J connectivity index is 1.06. The van der Waals surface area contributed by atoms with Crippen LogP contribution >= 0.6 is 11.3 Å². The van der Waals surface area contributed by atoms with Crippen molar-refractivity contribution < 1.29 is 9.59 Å². The van der Waals surface area contributed by atoms with Crippen molar-refractivity contribution in [3.63, 3.8) is 0 Å². The SMILES string of the molecule is O=C(NCc1ccc(N2CCCCC2)cc1)c1c[nH]c2ccc(-c3ccc4nc(NC(=O)C5CC5)sc4n3)cc12. The number of hydrogen-bond acceptors (Lipinski definition) is 6. The lowest BCUT2D eigenvalue weighted by molar-refractivity contribution is -0.117. The molecule has 2 fully saturated rings. The Labute approximate surface area is 235 Å². The number of benzene rings is 2. The van der Waals surface area contributed by atoms with Crippen molar-refractivity contribution in [1.29, 1.82) is 0 Å². The summed E-state index contributed by atoms with van der Waals surface area (Å²) < 4.78 is 0. The van der Waals surface area contributed by atoms with Gasteiger partial charge < -0.3 is 20.5 Å². The Morgan fingerprint density at radius 3 is 2.60 bits per heavy atom. The minimum atomic E-state index is -0.120. The molecule has 1 aliphatic heterocycles. The highest BCUT2D eigenvalue weighted by atomic mass is 32.1. The second-order valence-corrected chi connectivity index (χ2v) is 11.6. The van der Waals surface area contributed by atoms with E-state index < -0.39 is 0 Å². The van der Waals surface area contributed by atoms with Gasteiger partial charge in [0.1, 0.15) is 10.3 Å². The van der Waals surface area contributed by atoms with Crippen LogP contribution in [0.1, 0.15) is 48.0 Å². The van der Waals surface area contributed by atoms with Crippen LogP contribution < -0.4 is 15.5 Å². The van der Waals surface area contributed by atoms with E-state index in [0.717, 1.165) is 64.0 Å². The molecular formula is C31H30N6O2S. The Bertz CT molecular complexity index is 1710. The fourth-order valence-electron chi connectivity index (χ4n) is 5.31. The third kappa shape index (κ3) is 5.04. The Hall–Kier alpha value is -4.24. The van der Waals surface area contributed by atoms with Crippen LogP contribution in [0.5, 0.6) is 0 Å². The van der Waals surface area contributed by atoms with E-state index >= 15 is 0 Å². The molecule has 5 aromatic rings. The first-order valence-electron chi connectivity index (χ1n) is 13.9. The van der Waals surface area contributed by atoms with Crippen LogP contribution in [0, 0.1) is 5.92 Å². The number of hydrogen-bond donors (Lipinski definition) is 3. The molecule has 40 heavy (non-hydrogen) atoms. The van der Waals surface area contributed by atoms with E-state index in [1.165, 1.54) is 36.3 Å². The summed E-state index contributed by atoms with van der Waals surface area (Å²) in [5.41, 5.74) is 6.28. The molecular weight excluding hydrogens is 520 g/mol. The molecule has 3 aromatic heterocycles. The van der Waals surface area contributed by atoms with Gasteiger partial charge in [-0.15, -0.1) is 0 Å². The fourth-order valence-corrected chi connectivity index (χ4v) is 6.15. The molecule has 8 nitrogen and oxygen atoms in total. The quantitative estimate of drug-likeness (QED) is 0.227. The second-order valence-electron chi connectivity index (χ2n) is 10.7. The number of aromatic nitrogens is 3. The zero-order chi connectivity index (χ0) is 27.1. The molecule has 1 aliphatic carbocycles. The van der Waals surface area contributed by atoms with E-state index in [1.54, 1.807) is 6.20 Å². The number of anilines is 2. The number of thiazole rings is 1. The first-order chi connectivity index (χ1) is 19.6. The lowest BCUT2D eigenvalue weighted by atomic mass is 10.1. The molecule has 1 saturated carbocycles. The minimum absolute atomic E-state index is 0.0393. The lowest BCUT2D eigenvalue weighted by Gasteiger charge is -2.28. The zero-order valence-electron chi connectivity index (χ0n) is 22.1. The van der Waals surface area contributed by atoms with Gasteiger partial charge in [0.05, 0.1) is 11.3 Å². The molecule has 0 radical (unpaired) electrons. The van der Waals surface area contributed by atoms with Gasteiger partial charge in [-0.1, -0.05) is 29.5 Å². The Morgan fingerprint density at radius 2 is 1.80 bits per heavy atom. The van der Waals surface area contributed by atoms with Crippen LogP contribution in [0.25, 0.3) is 32.5 Å². The lowest BCUT2D eigenvalue weighted by Crippen LogP contribution is -2.29. The molecule has 2 aliphatic rings. The van der Waals surface area contributed by atoms with Gasteiger partial charge in [-0.05, 0) is 74.1 Å². The van der Waals surface area contributed by atoms with E-state index in [-0.39, 0.29) is 17.7 Å². The van der Waals surface area contributed by atoms with Crippen LogP contribution in [0.2, 0.25) is 0 Å². The van der Waals surface area contributed by atoms with Gasteiger partial charge in [0, 0.05) is 53.9 Å². The van der Waals surface area contributed by atoms with E-state index in [1.807, 2.05) is 30.3 Å². The standard InChI is InChI=1S/C31H30N6O2S/c38-28(20-6-7-20)36-31-35-27-13-12-25(34-30(27)40-31)21-8-11-26-23(16-21)24(18-32-26)29(39)33-17-19-4-9-22(10-5-19)37-14-2-1-3-15-37/h4-5,8-13,16,18,20,32H,1-3,6-7,14-15,17H2,(H,33,39)(H,35,36,38). The smallest absolute Gasteiger partial charge is 0.253 e. The van der Waals surface area contributed by atoms with Crippen LogP contribution in [0.15, 0.2) is 60.8 Å². The maximum Gasteiger partial charge on any atom is 0.253 e. The van der Waals surface area contributed by atoms with Crippen LogP contribution in [-0.2, 0) is 11.3 Å². The maximum absolute atomic E-state index is 13.2. The number of piperidine rings is 1. The predicted octanol–water partition coefficient (Wildman–Crippen LogP) is 6.11. The number of fused-ring (bicyclic) bond motifs is 2. The molecule has 0 unspecified atom stereocenters. The molecule has 0 spiro atoms. The highest BCUT2D eigenvalue weighted by molar-refractivity contribution is 7.22. The monoisotopic (exact) mass is 550 g/mol. The van der Waals surface area contributed by atoms with Crippen LogP contribution in [-0.4, -0.2) is 39.9 Å². The van der Waals surface area contributed by atoms with Gasteiger partial charge >= 0.3 is 0 Å². The molecule has 9 heteroatoms. The number of H-pyrrole nitrogens is 1. The number of amides is 2. The summed E-state index contributed by atoms with van der Waals surface area (Å²) in [4.78, 5) is 41.0. The number of pyridine rings is 1. The van der Waals surface area contributed by atoms with E-state index in [0.29, 0.717) is 17.2 Å². The highest BCUT2D eigenvalue weighted by Crippen LogP contribution is 2.33. The number of nitrogens with one attached hydrogen (secondary N) is 3. The molecule has 2 aromatic carbocycles. The summed E-state index contributed by atoms with van der Waals surface area (Å²) in [6.45, 7) is 2.70. The van der Waals surface area contributed by atoms with Gasteiger partial charge in [-0.3, -0.25) is 9.59 Å². The van der Waals surface area contributed by atoms with Crippen molar-refractivity contribution in [3.05, 3.63) is 71.9 Å². The second kappa shape index (κ2) is 10.4. The van der Waals surface area contributed by atoms with E-state index in [4.69, 9.17) is 4.98 Å². The third-order valence-electron chi connectivity index (χ3n) is 7.77. The van der Waals surface area contributed by atoms with E-state index in [2.05, 4.69) is 49.8 Å². The molecule has 1 saturated heterocycles. The van der Waals surface area contributed by atoms with E-state index in [9.17, 15) is 9.59 Å². The summed E-state index contributed by atoms with van der Waals surface area (Å²) in [5, 5.41) is 7.42. The molecule has 7 rings (SSSR count).